The van der Waals surface area contributed by atoms with E-state index in [1.54, 1.807) is 0 Å². The molecule has 4 nitrogen and oxygen atoms in total. The number of para-hydroxylation sites is 2. The number of furan rings is 1. The Morgan fingerprint density at radius 3 is 2.17 bits per heavy atom. The first-order valence-corrected chi connectivity index (χ1v) is 16.1. The van der Waals surface area contributed by atoms with Crippen LogP contribution in [0.2, 0.25) is 0 Å². The highest BCUT2D eigenvalue weighted by atomic mass is 32.1. The van der Waals surface area contributed by atoms with Crippen LogP contribution in [0.25, 0.3) is 75.4 Å². The van der Waals surface area contributed by atoms with Crippen LogP contribution < -0.4 is 4.90 Å². The summed E-state index contributed by atoms with van der Waals surface area (Å²) in [7, 11) is 0. The lowest BCUT2D eigenvalue weighted by Crippen LogP contribution is -2.09. The minimum absolute atomic E-state index is 0.590. The number of oxazole rings is 1. The Hall–Kier alpha value is -5.91. The molecule has 0 aliphatic rings. The SMILES string of the molecule is c1ccc2cc(N(c3ccc4c(c3)oc3cccc(-c5nc6ccccc6o5)c34)c3ccc4sc5ccccc5c4c3)ccc2c1. The Morgan fingerprint density at radius 2 is 1.22 bits per heavy atom. The van der Waals surface area contributed by atoms with Crippen LogP contribution in [0.15, 0.2) is 154 Å². The summed E-state index contributed by atoms with van der Waals surface area (Å²) in [5, 5.41) is 6.97. The molecular weight excluding hydrogens is 585 g/mol. The largest absolute Gasteiger partial charge is 0.456 e. The van der Waals surface area contributed by atoms with E-state index in [9.17, 15) is 0 Å². The molecule has 0 fully saturated rings. The molecule has 0 radical (unpaired) electrons. The second-order valence-electron chi connectivity index (χ2n) is 11.6. The molecule has 0 atom stereocenters. The van der Waals surface area contributed by atoms with E-state index >= 15 is 0 Å². The molecular formula is C41H24N2O2S. The Labute approximate surface area is 267 Å². The van der Waals surface area contributed by atoms with Crippen LogP contribution in [0.1, 0.15) is 0 Å². The zero-order valence-corrected chi connectivity index (χ0v) is 25.3. The zero-order valence-electron chi connectivity index (χ0n) is 24.5. The van der Waals surface area contributed by atoms with E-state index in [1.807, 2.05) is 47.7 Å². The molecule has 3 heterocycles. The molecule has 0 aliphatic carbocycles. The standard InChI is InChI=1S/C41H24N2O2S/c1-2-9-26-22-27(17-16-25(26)8-1)43(28-19-21-39-33(23-28)30-10-3-6-15-38(30)46-39)29-18-20-31-37(24-29)44-36-14-7-11-32(40(31)36)41-42-34-12-4-5-13-35(34)45-41/h1-24H. The molecule has 46 heavy (non-hydrogen) atoms. The summed E-state index contributed by atoms with van der Waals surface area (Å²) in [6.45, 7) is 0. The van der Waals surface area contributed by atoms with Gasteiger partial charge in [-0.25, -0.2) is 4.98 Å². The fraction of sp³-hybridized carbons (Fsp3) is 0. The molecule has 3 aromatic heterocycles. The number of rotatable bonds is 4. The number of nitrogens with zero attached hydrogens (tertiary/aromatic N) is 2. The van der Waals surface area contributed by atoms with Crippen molar-refractivity contribution < 1.29 is 8.83 Å². The zero-order chi connectivity index (χ0) is 30.2. The molecule has 0 N–H and O–H groups in total. The van der Waals surface area contributed by atoms with Crippen molar-refractivity contribution >= 4 is 92.4 Å². The lowest BCUT2D eigenvalue weighted by Gasteiger charge is -2.26. The fourth-order valence-corrected chi connectivity index (χ4v) is 7.82. The summed E-state index contributed by atoms with van der Waals surface area (Å²) in [5.74, 6) is 0.590. The predicted molar refractivity (Wildman–Crippen MR) is 192 cm³/mol. The normalized spacial score (nSPS) is 11.9. The van der Waals surface area contributed by atoms with Gasteiger partial charge in [-0.05, 0) is 83.6 Å². The Bertz CT molecular complexity index is 2750. The van der Waals surface area contributed by atoms with Gasteiger partial charge in [0.1, 0.15) is 16.7 Å². The number of hydrogen-bond donors (Lipinski definition) is 0. The van der Waals surface area contributed by atoms with E-state index in [0.717, 1.165) is 55.7 Å². The number of fused-ring (bicyclic) bond motifs is 8. The summed E-state index contributed by atoms with van der Waals surface area (Å²) in [6, 6.07) is 51.0. The van der Waals surface area contributed by atoms with Crippen molar-refractivity contribution in [1.82, 2.24) is 4.98 Å². The smallest absolute Gasteiger partial charge is 0.228 e. The summed E-state index contributed by atoms with van der Waals surface area (Å²) in [4.78, 5) is 7.12. The molecule has 0 saturated carbocycles. The molecule has 0 bridgehead atoms. The first-order chi connectivity index (χ1) is 22.8. The van der Waals surface area contributed by atoms with Crippen LogP contribution >= 0.6 is 11.3 Å². The van der Waals surface area contributed by atoms with Crippen LogP contribution in [-0.4, -0.2) is 4.98 Å². The van der Waals surface area contributed by atoms with E-state index in [2.05, 4.69) is 114 Å². The molecule has 0 spiro atoms. The van der Waals surface area contributed by atoms with E-state index < -0.39 is 0 Å². The summed E-state index contributed by atoms with van der Waals surface area (Å²) >= 11 is 1.83. The number of thiophene rings is 1. The van der Waals surface area contributed by atoms with Gasteiger partial charge in [-0.3, -0.25) is 0 Å². The Morgan fingerprint density at radius 1 is 0.478 bits per heavy atom. The third-order valence-electron chi connectivity index (χ3n) is 8.87. The number of hydrogen-bond acceptors (Lipinski definition) is 5. The van der Waals surface area contributed by atoms with Gasteiger partial charge in [-0.15, -0.1) is 11.3 Å². The van der Waals surface area contributed by atoms with Crippen molar-refractivity contribution in [2.45, 2.75) is 0 Å². The van der Waals surface area contributed by atoms with Gasteiger partial charge in [0.2, 0.25) is 5.89 Å². The van der Waals surface area contributed by atoms with Gasteiger partial charge in [0, 0.05) is 59.6 Å². The molecule has 10 rings (SSSR count). The quantitative estimate of drug-likeness (QED) is 0.199. The van der Waals surface area contributed by atoms with Gasteiger partial charge in [0.25, 0.3) is 0 Å². The summed E-state index contributed by atoms with van der Waals surface area (Å²) < 4.78 is 15.3. The molecule has 216 valence electrons. The second-order valence-corrected chi connectivity index (χ2v) is 12.7. The van der Waals surface area contributed by atoms with Gasteiger partial charge in [0.15, 0.2) is 5.58 Å². The van der Waals surface area contributed by atoms with Crippen molar-refractivity contribution in [1.29, 1.82) is 0 Å². The lowest BCUT2D eigenvalue weighted by molar-refractivity contribution is 0.620. The molecule has 7 aromatic carbocycles. The lowest BCUT2D eigenvalue weighted by atomic mass is 10.0. The number of aromatic nitrogens is 1. The van der Waals surface area contributed by atoms with Crippen LogP contribution in [0.5, 0.6) is 0 Å². The van der Waals surface area contributed by atoms with Crippen molar-refractivity contribution in [3.8, 4) is 11.5 Å². The molecule has 0 saturated heterocycles. The van der Waals surface area contributed by atoms with Gasteiger partial charge in [-0.1, -0.05) is 66.7 Å². The Balaban J connectivity index is 1.18. The average molecular weight is 609 g/mol. The van der Waals surface area contributed by atoms with Crippen LogP contribution in [-0.2, 0) is 0 Å². The highest BCUT2D eigenvalue weighted by molar-refractivity contribution is 7.25. The van der Waals surface area contributed by atoms with Crippen molar-refractivity contribution in [2.75, 3.05) is 4.90 Å². The maximum atomic E-state index is 6.54. The van der Waals surface area contributed by atoms with Crippen molar-refractivity contribution in [3.05, 3.63) is 146 Å². The molecule has 0 aliphatic heterocycles. The maximum Gasteiger partial charge on any atom is 0.228 e. The van der Waals surface area contributed by atoms with Gasteiger partial charge in [-0.2, -0.15) is 0 Å². The molecule has 0 amide bonds. The predicted octanol–water partition coefficient (Wildman–Crippen LogP) is 12.4. The van der Waals surface area contributed by atoms with Crippen molar-refractivity contribution in [2.24, 2.45) is 0 Å². The topological polar surface area (TPSA) is 42.4 Å². The highest BCUT2D eigenvalue weighted by Crippen LogP contribution is 2.44. The second kappa shape index (κ2) is 9.80. The van der Waals surface area contributed by atoms with Crippen LogP contribution in [0.4, 0.5) is 17.1 Å². The van der Waals surface area contributed by atoms with E-state index in [0.29, 0.717) is 5.89 Å². The van der Waals surface area contributed by atoms with Gasteiger partial charge < -0.3 is 13.7 Å². The minimum atomic E-state index is 0.590. The third kappa shape index (κ3) is 3.89. The fourth-order valence-electron chi connectivity index (χ4n) is 6.74. The van der Waals surface area contributed by atoms with Crippen LogP contribution in [0.3, 0.4) is 0 Å². The number of benzene rings is 7. The Kier molecular flexibility index (Phi) is 5.41. The first kappa shape index (κ1) is 25.4. The van der Waals surface area contributed by atoms with Crippen LogP contribution in [0, 0.1) is 0 Å². The number of anilines is 3. The van der Waals surface area contributed by atoms with E-state index in [1.165, 1.54) is 30.9 Å². The summed E-state index contributed by atoms with van der Waals surface area (Å²) in [5.41, 5.74) is 7.33. The van der Waals surface area contributed by atoms with E-state index in [-0.39, 0.29) is 0 Å². The third-order valence-corrected chi connectivity index (χ3v) is 10.0. The minimum Gasteiger partial charge on any atom is -0.456 e. The van der Waals surface area contributed by atoms with Gasteiger partial charge in [0.05, 0.1) is 0 Å². The van der Waals surface area contributed by atoms with Gasteiger partial charge >= 0.3 is 0 Å². The van der Waals surface area contributed by atoms with E-state index in [4.69, 9.17) is 13.8 Å². The monoisotopic (exact) mass is 608 g/mol. The molecule has 10 aromatic rings. The molecule has 5 heteroatoms. The first-order valence-electron chi connectivity index (χ1n) is 15.3. The maximum absolute atomic E-state index is 6.54. The average Bonchev–Trinajstić information content (AvgIpc) is 3.81. The summed E-state index contributed by atoms with van der Waals surface area (Å²) in [6.07, 6.45) is 0. The van der Waals surface area contributed by atoms with Crippen molar-refractivity contribution in [3.63, 3.8) is 0 Å². The molecule has 0 unspecified atom stereocenters. The highest BCUT2D eigenvalue weighted by Gasteiger charge is 2.20.